The van der Waals surface area contributed by atoms with Crippen molar-refractivity contribution in [3.8, 4) is 11.5 Å². The normalized spacial score (nSPS) is 20.9. The van der Waals surface area contributed by atoms with Crippen molar-refractivity contribution in [2.75, 3.05) is 13.2 Å². The molecular formula is C15H21NO2. The topological polar surface area (TPSA) is 44.5 Å². The van der Waals surface area contributed by atoms with Gasteiger partial charge in [0, 0.05) is 12.5 Å². The molecule has 1 saturated carbocycles. The number of hydrogen-bond acceptors (Lipinski definition) is 3. The summed E-state index contributed by atoms with van der Waals surface area (Å²) in [6, 6.07) is 6.27. The highest BCUT2D eigenvalue weighted by Gasteiger charge is 2.22. The SMILES string of the molecule is NC(CC1CCC1)c1ccc2c(c1)OCCCO2. The van der Waals surface area contributed by atoms with Crippen LogP contribution in [0.25, 0.3) is 0 Å². The zero-order valence-electron chi connectivity index (χ0n) is 10.7. The highest BCUT2D eigenvalue weighted by atomic mass is 16.5. The average Bonchev–Trinajstić information content (AvgIpc) is 2.57. The van der Waals surface area contributed by atoms with Gasteiger partial charge in [0.15, 0.2) is 11.5 Å². The van der Waals surface area contributed by atoms with E-state index >= 15 is 0 Å². The monoisotopic (exact) mass is 247 g/mol. The van der Waals surface area contributed by atoms with Gasteiger partial charge >= 0.3 is 0 Å². The van der Waals surface area contributed by atoms with Crippen LogP contribution >= 0.6 is 0 Å². The number of rotatable bonds is 3. The molecule has 0 amide bonds. The van der Waals surface area contributed by atoms with Crippen LogP contribution in [-0.2, 0) is 0 Å². The molecule has 1 fully saturated rings. The smallest absolute Gasteiger partial charge is 0.161 e. The maximum Gasteiger partial charge on any atom is 0.161 e. The molecule has 3 rings (SSSR count). The van der Waals surface area contributed by atoms with E-state index in [0.29, 0.717) is 0 Å². The Labute approximate surface area is 108 Å². The predicted octanol–water partition coefficient (Wildman–Crippen LogP) is 3.04. The fraction of sp³-hybridized carbons (Fsp3) is 0.600. The highest BCUT2D eigenvalue weighted by Crippen LogP contribution is 2.36. The molecule has 0 saturated heterocycles. The van der Waals surface area contributed by atoms with Crippen LogP contribution in [0.3, 0.4) is 0 Å². The van der Waals surface area contributed by atoms with Crippen molar-refractivity contribution in [3.05, 3.63) is 23.8 Å². The Kier molecular flexibility index (Phi) is 3.41. The molecular weight excluding hydrogens is 226 g/mol. The molecule has 2 N–H and O–H groups in total. The lowest BCUT2D eigenvalue weighted by atomic mass is 9.80. The first kappa shape index (κ1) is 11.8. The van der Waals surface area contributed by atoms with Gasteiger partial charge in [-0.2, -0.15) is 0 Å². The van der Waals surface area contributed by atoms with Gasteiger partial charge in [0.2, 0.25) is 0 Å². The second kappa shape index (κ2) is 5.19. The molecule has 0 radical (unpaired) electrons. The molecule has 1 aliphatic heterocycles. The lowest BCUT2D eigenvalue weighted by molar-refractivity contribution is 0.277. The van der Waals surface area contributed by atoms with E-state index in [1.807, 2.05) is 6.07 Å². The van der Waals surface area contributed by atoms with Crippen molar-refractivity contribution in [1.29, 1.82) is 0 Å². The minimum Gasteiger partial charge on any atom is -0.490 e. The van der Waals surface area contributed by atoms with E-state index < -0.39 is 0 Å². The second-order valence-corrected chi connectivity index (χ2v) is 5.40. The molecule has 1 aromatic carbocycles. The molecule has 1 aromatic rings. The van der Waals surface area contributed by atoms with Crippen molar-refractivity contribution in [1.82, 2.24) is 0 Å². The minimum atomic E-state index is 0.132. The lowest BCUT2D eigenvalue weighted by Crippen LogP contribution is -2.20. The summed E-state index contributed by atoms with van der Waals surface area (Å²) in [6.45, 7) is 1.47. The van der Waals surface area contributed by atoms with Gasteiger partial charge in [-0.05, 0) is 30.0 Å². The van der Waals surface area contributed by atoms with Gasteiger partial charge in [0.05, 0.1) is 13.2 Å². The van der Waals surface area contributed by atoms with E-state index in [1.54, 1.807) is 0 Å². The van der Waals surface area contributed by atoms with Gasteiger partial charge in [-0.1, -0.05) is 25.3 Å². The Bertz CT molecular complexity index is 415. The van der Waals surface area contributed by atoms with Crippen molar-refractivity contribution in [2.45, 2.75) is 38.1 Å². The van der Waals surface area contributed by atoms with Crippen molar-refractivity contribution < 1.29 is 9.47 Å². The molecule has 2 aliphatic rings. The third-order valence-corrected chi connectivity index (χ3v) is 4.01. The van der Waals surface area contributed by atoms with Crippen LogP contribution in [0.1, 0.15) is 43.7 Å². The zero-order chi connectivity index (χ0) is 12.4. The summed E-state index contributed by atoms with van der Waals surface area (Å²) in [5.41, 5.74) is 7.45. The fourth-order valence-corrected chi connectivity index (χ4v) is 2.63. The van der Waals surface area contributed by atoms with E-state index in [4.69, 9.17) is 15.2 Å². The van der Waals surface area contributed by atoms with Gasteiger partial charge in [-0.25, -0.2) is 0 Å². The van der Waals surface area contributed by atoms with E-state index in [9.17, 15) is 0 Å². The summed E-state index contributed by atoms with van der Waals surface area (Å²) in [7, 11) is 0. The molecule has 1 heterocycles. The Hall–Kier alpha value is -1.22. The molecule has 1 unspecified atom stereocenters. The Morgan fingerprint density at radius 2 is 1.89 bits per heavy atom. The van der Waals surface area contributed by atoms with Crippen molar-refractivity contribution >= 4 is 0 Å². The molecule has 0 aromatic heterocycles. The van der Waals surface area contributed by atoms with Crippen molar-refractivity contribution in [2.24, 2.45) is 11.7 Å². The second-order valence-electron chi connectivity index (χ2n) is 5.40. The van der Waals surface area contributed by atoms with Crippen LogP contribution in [0, 0.1) is 5.92 Å². The van der Waals surface area contributed by atoms with Crippen LogP contribution in [0.2, 0.25) is 0 Å². The Morgan fingerprint density at radius 3 is 2.61 bits per heavy atom. The lowest BCUT2D eigenvalue weighted by Gasteiger charge is -2.28. The third-order valence-electron chi connectivity index (χ3n) is 4.01. The number of benzene rings is 1. The number of ether oxygens (including phenoxy) is 2. The summed E-state index contributed by atoms with van der Waals surface area (Å²) >= 11 is 0. The first-order valence-electron chi connectivity index (χ1n) is 6.98. The summed E-state index contributed by atoms with van der Waals surface area (Å²) in [5.74, 6) is 2.54. The van der Waals surface area contributed by atoms with Crippen LogP contribution < -0.4 is 15.2 Å². The van der Waals surface area contributed by atoms with Gasteiger partial charge in [0.25, 0.3) is 0 Å². The molecule has 1 aliphatic carbocycles. The van der Waals surface area contributed by atoms with E-state index in [-0.39, 0.29) is 6.04 Å². The average molecular weight is 247 g/mol. The highest BCUT2D eigenvalue weighted by molar-refractivity contribution is 5.44. The largest absolute Gasteiger partial charge is 0.490 e. The molecule has 3 nitrogen and oxygen atoms in total. The number of fused-ring (bicyclic) bond motifs is 1. The summed E-state index contributed by atoms with van der Waals surface area (Å²) in [4.78, 5) is 0. The van der Waals surface area contributed by atoms with E-state index in [0.717, 1.165) is 43.5 Å². The van der Waals surface area contributed by atoms with Gasteiger partial charge < -0.3 is 15.2 Å². The molecule has 3 heteroatoms. The zero-order valence-corrected chi connectivity index (χ0v) is 10.7. The van der Waals surface area contributed by atoms with E-state index in [1.165, 1.54) is 24.8 Å². The number of nitrogens with two attached hydrogens (primary N) is 1. The van der Waals surface area contributed by atoms with Gasteiger partial charge in [0.1, 0.15) is 0 Å². The first-order valence-corrected chi connectivity index (χ1v) is 6.98. The Balaban J connectivity index is 1.73. The summed E-state index contributed by atoms with van der Waals surface area (Å²) in [6.07, 6.45) is 6.10. The molecule has 18 heavy (non-hydrogen) atoms. The first-order chi connectivity index (χ1) is 8.83. The molecule has 0 spiro atoms. The molecule has 0 bridgehead atoms. The summed E-state index contributed by atoms with van der Waals surface area (Å²) in [5, 5.41) is 0. The Morgan fingerprint density at radius 1 is 1.11 bits per heavy atom. The van der Waals surface area contributed by atoms with Crippen molar-refractivity contribution in [3.63, 3.8) is 0 Å². The molecule has 1 atom stereocenters. The van der Waals surface area contributed by atoms with Crippen LogP contribution in [0.15, 0.2) is 18.2 Å². The quantitative estimate of drug-likeness (QED) is 0.893. The predicted molar refractivity (Wildman–Crippen MR) is 70.9 cm³/mol. The third kappa shape index (κ3) is 2.46. The van der Waals surface area contributed by atoms with Gasteiger partial charge in [-0.15, -0.1) is 0 Å². The van der Waals surface area contributed by atoms with Crippen LogP contribution in [0.5, 0.6) is 11.5 Å². The number of hydrogen-bond donors (Lipinski definition) is 1. The maximum absolute atomic E-state index is 6.28. The standard InChI is InChI=1S/C15H21NO2/c16-13(9-11-3-1-4-11)12-5-6-14-15(10-12)18-8-2-7-17-14/h5-6,10-11,13H,1-4,7-9,16H2. The summed E-state index contributed by atoms with van der Waals surface area (Å²) < 4.78 is 11.3. The van der Waals surface area contributed by atoms with Crippen LogP contribution in [0.4, 0.5) is 0 Å². The molecule has 98 valence electrons. The maximum atomic E-state index is 6.28. The van der Waals surface area contributed by atoms with Gasteiger partial charge in [-0.3, -0.25) is 0 Å². The minimum absolute atomic E-state index is 0.132. The van der Waals surface area contributed by atoms with E-state index in [2.05, 4.69) is 12.1 Å². The van der Waals surface area contributed by atoms with Crippen LogP contribution in [-0.4, -0.2) is 13.2 Å². The fourth-order valence-electron chi connectivity index (χ4n) is 2.63.